The summed E-state index contributed by atoms with van der Waals surface area (Å²) in [5, 5.41) is 9.67. The van der Waals surface area contributed by atoms with E-state index < -0.39 is 49.3 Å². The highest BCUT2D eigenvalue weighted by atomic mass is 32.1. The van der Waals surface area contributed by atoms with E-state index in [1.54, 1.807) is 18.0 Å². The summed E-state index contributed by atoms with van der Waals surface area (Å²) >= 11 is 2.33. The quantitative estimate of drug-likeness (QED) is 0.0378. The third kappa shape index (κ3) is 8.81. The molecule has 2 aromatic heterocycles. The summed E-state index contributed by atoms with van der Waals surface area (Å²) in [6.45, 7) is 6.43. The van der Waals surface area contributed by atoms with Gasteiger partial charge in [-0.3, -0.25) is 19.2 Å². The minimum Gasteiger partial charge on any atom is -0.493 e. The Bertz CT molecular complexity index is 2120. The topological polar surface area (TPSA) is 173 Å². The average Bonchev–Trinajstić information content (AvgIpc) is 3.72. The molecule has 2 N–H and O–H groups in total. The van der Waals surface area contributed by atoms with Crippen molar-refractivity contribution in [2.45, 2.75) is 45.3 Å². The van der Waals surface area contributed by atoms with Gasteiger partial charge in [0.05, 0.1) is 62.7 Å². The van der Waals surface area contributed by atoms with Gasteiger partial charge in [0.15, 0.2) is 54.3 Å². The minimum atomic E-state index is -1.14. The molecule has 17 heteroatoms. The number of thiophene rings is 2. The molecular weight excluding hydrogens is 763 g/mol. The summed E-state index contributed by atoms with van der Waals surface area (Å²) in [6, 6.07) is 6.26. The van der Waals surface area contributed by atoms with Crippen LogP contribution in [-0.2, 0) is 14.3 Å². The molecule has 2 heterocycles. The van der Waals surface area contributed by atoms with Crippen molar-refractivity contribution in [1.29, 1.82) is 5.53 Å². The maximum atomic E-state index is 14.6. The van der Waals surface area contributed by atoms with Gasteiger partial charge in [-0.05, 0) is 37.8 Å². The Balaban J connectivity index is 0.000000205. The fourth-order valence-electron chi connectivity index (χ4n) is 6.04. The smallest absolute Gasteiger partial charge is 0.309 e. The SMILES string of the molecule is COC(=O)[C@H]1CC[C@H]1C(=O)c1cc2c(F)c(OC)c(OC)cc2s1.COc1cc2sc(C(=O)[C@@H]3CC[C@@H]3C(=O)O)cc2c(F)c1OC.C[Si](C)(C)C=[N+]=N. The third-order valence-electron chi connectivity index (χ3n) is 9.19. The zero-order chi connectivity index (χ0) is 40.1. The number of methoxy groups -OCH3 is 5. The number of aliphatic carboxylic acids is 1. The number of benzene rings is 2. The van der Waals surface area contributed by atoms with Crippen LogP contribution in [0, 0.1) is 40.8 Å². The highest BCUT2D eigenvalue weighted by Crippen LogP contribution is 2.44. The van der Waals surface area contributed by atoms with Gasteiger partial charge in [-0.25, -0.2) is 8.78 Å². The number of carbonyl (C=O) groups is 4. The van der Waals surface area contributed by atoms with Crippen LogP contribution in [0.5, 0.6) is 23.0 Å². The summed E-state index contributed by atoms with van der Waals surface area (Å²) in [5.74, 6) is -2.51. The number of nitrogens with one attached hydrogen (secondary N) is 1. The molecule has 0 radical (unpaired) electrons. The number of hydrogen-bond donors (Lipinski definition) is 2. The first-order valence-electron chi connectivity index (χ1n) is 16.8. The first-order valence-corrected chi connectivity index (χ1v) is 22.0. The molecule has 4 aromatic rings. The number of Topliss-reactive ketones (excluding diaryl/α,β-unsaturated/α-hetero) is 2. The van der Waals surface area contributed by atoms with Crippen LogP contribution in [0.25, 0.3) is 20.2 Å². The van der Waals surface area contributed by atoms with Crippen LogP contribution in [-0.4, -0.2) is 82.9 Å². The molecule has 2 saturated carbocycles. The van der Waals surface area contributed by atoms with Crippen molar-refractivity contribution in [3.8, 4) is 23.0 Å². The van der Waals surface area contributed by atoms with Crippen LogP contribution < -0.4 is 18.9 Å². The van der Waals surface area contributed by atoms with E-state index in [0.717, 1.165) is 11.3 Å². The lowest BCUT2D eigenvalue weighted by Gasteiger charge is -2.32. The van der Waals surface area contributed by atoms with Gasteiger partial charge in [-0.15, -0.1) is 22.7 Å². The first kappa shape index (κ1) is 42.0. The van der Waals surface area contributed by atoms with Gasteiger partial charge in [0.1, 0.15) is 0 Å². The molecule has 0 unspecified atom stereocenters. The fraction of sp³-hybridized carbons (Fsp3) is 0.432. The number of hydrogen-bond acceptors (Lipinski definition) is 12. The number of ether oxygens (including phenoxy) is 5. The minimum absolute atomic E-state index is 0.0103. The molecule has 0 amide bonds. The summed E-state index contributed by atoms with van der Waals surface area (Å²) in [7, 11) is 5.72. The Labute approximate surface area is 319 Å². The number of nitrogens with zero attached hydrogens (tertiary/aromatic N) is 1. The number of carboxylic acids is 1. The Morgan fingerprint density at radius 1 is 0.722 bits per heavy atom. The van der Waals surface area contributed by atoms with Gasteiger partial charge >= 0.3 is 11.9 Å². The summed E-state index contributed by atoms with van der Waals surface area (Å²) in [5.41, 5.74) is 6.46. The van der Waals surface area contributed by atoms with Gasteiger partial charge in [-0.2, -0.15) is 0 Å². The van der Waals surface area contributed by atoms with Crippen LogP contribution in [0.3, 0.4) is 0 Å². The second-order valence-corrected chi connectivity index (χ2v) is 20.8. The van der Waals surface area contributed by atoms with Crippen LogP contribution >= 0.6 is 22.7 Å². The predicted octanol–water partition coefficient (Wildman–Crippen LogP) is 7.96. The Morgan fingerprint density at radius 2 is 1.13 bits per heavy atom. The van der Waals surface area contributed by atoms with E-state index in [-0.39, 0.29) is 45.9 Å². The second kappa shape index (κ2) is 17.6. The van der Waals surface area contributed by atoms with E-state index in [2.05, 4.69) is 24.4 Å². The van der Waals surface area contributed by atoms with Crippen molar-refractivity contribution < 1.29 is 61.5 Å². The van der Waals surface area contributed by atoms with Crippen molar-refractivity contribution in [2.75, 3.05) is 35.5 Å². The standard InChI is InChI=1S/C17H17FO5S.C16H15FO5S.C4H11N2Si/c1-21-11-7-12-10(14(18)16(11)22-2)6-13(24-12)15(19)8-4-5-9(8)17(20)23-3;1-21-10-6-11-9(13(17)15(10)22-2)5-12(23-11)14(18)7-3-4-8(7)16(19)20;1-7(2,3)4-6-5/h6-9H,4-5H2,1-3H3;5-8H,3-4H2,1-2H3,(H,19,20);4-5H,1-3H3/q;;+1/t8-,9+;7-,8+;/m11./s1. The van der Waals surface area contributed by atoms with Gasteiger partial charge < -0.3 is 28.8 Å². The molecule has 2 fully saturated rings. The van der Waals surface area contributed by atoms with E-state index >= 15 is 0 Å². The van der Waals surface area contributed by atoms with Crippen molar-refractivity contribution in [2.24, 2.45) is 23.7 Å². The molecule has 4 atom stereocenters. The van der Waals surface area contributed by atoms with Crippen molar-refractivity contribution in [3.05, 3.63) is 45.7 Å². The lowest BCUT2D eigenvalue weighted by atomic mass is 9.71. The monoisotopic (exact) mass is 805 g/mol. The molecule has 2 aliphatic carbocycles. The van der Waals surface area contributed by atoms with E-state index in [9.17, 15) is 28.0 Å². The fourth-order valence-corrected chi connectivity index (χ4v) is 8.61. The molecule has 290 valence electrons. The van der Waals surface area contributed by atoms with Crippen LogP contribution in [0.15, 0.2) is 24.3 Å². The van der Waals surface area contributed by atoms with Crippen molar-refractivity contribution >= 4 is 80.3 Å². The summed E-state index contributed by atoms with van der Waals surface area (Å²) < 4.78 is 55.2. The molecule has 0 spiro atoms. The summed E-state index contributed by atoms with van der Waals surface area (Å²) in [6.07, 6.45) is 2.35. The van der Waals surface area contributed by atoms with Gasteiger partial charge in [0, 0.05) is 48.9 Å². The molecule has 6 rings (SSSR count). The van der Waals surface area contributed by atoms with Crippen molar-refractivity contribution in [3.63, 3.8) is 0 Å². The number of carboxylic acid groups (broad SMARTS) is 1. The van der Waals surface area contributed by atoms with Gasteiger partial charge in [0.2, 0.25) is 0 Å². The van der Waals surface area contributed by atoms with E-state index in [1.807, 2.05) is 0 Å². The first-order chi connectivity index (χ1) is 25.5. The molecule has 54 heavy (non-hydrogen) atoms. The van der Waals surface area contributed by atoms with Gasteiger partial charge in [0.25, 0.3) is 5.84 Å². The maximum absolute atomic E-state index is 14.6. The molecule has 2 aromatic carbocycles. The van der Waals surface area contributed by atoms with E-state index in [1.165, 1.54) is 59.0 Å². The zero-order valence-corrected chi connectivity index (χ0v) is 33.8. The summed E-state index contributed by atoms with van der Waals surface area (Å²) in [4.78, 5) is 51.9. The normalized spacial score (nSPS) is 18.6. The Kier molecular flexibility index (Phi) is 13.7. The highest BCUT2D eigenvalue weighted by Gasteiger charge is 2.43. The molecule has 0 saturated heterocycles. The third-order valence-corrected chi connectivity index (χ3v) is 12.3. The number of rotatable bonds is 11. The Hall–Kier alpha value is -4.70. The van der Waals surface area contributed by atoms with E-state index in [0.29, 0.717) is 50.2 Å². The molecule has 12 nitrogen and oxygen atoms in total. The average molecular weight is 806 g/mol. The number of esters is 1. The van der Waals surface area contributed by atoms with E-state index in [4.69, 9.17) is 34.3 Å². The van der Waals surface area contributed by atoms with Crippen LogP contribution in [0.1, 0.15) is 45.0 Å². The molecule has 0 aliphatic heterocycles. The largest absolute Gasteiger partial charge is 0.493 e. The second-order valence-electron chi connectivity index (χ2n) is 13.7. The zero-order valence-electron chi connectivity index (χ0n) is 31.2. The molecule has 2 aliphatic rings. The molecular formula is C37H43F2N2O10S2Si+. The van der Waals surface area contributed by atoms with Crippen LogP contribution in [0.2, 0.25) is 19.6 Å². The maximum Gasteiger partial charge on any atom is 0.309 e. The number of ketones is 2. The lowest BCUT2D eigenvalue weighted by Crippen LogP contribution is -2.38. The Morgan fingerprint density at radius 3 is 1.41 bits per heavy atom. The number of halogens is 2. The predicted molar refractivity (Wildman–Crippen MR) is 203 cm³/mol. The highest BCUT2D eigenvalue weighted by molar-refractivity contribution is 7.21. The van der Waals surface area contributed by atoms with Gasteiger partial charge in [-0.1, -0.05) is 19.6 Å². The molecule has 0 bridgehead atoms. The van der Waals surface area contributed by atoms with Crippen molar-refractivity contribution in [1.82, 2.24) is 0 Å². The lowest BCUT2D eigenvalue weighted by molar-refractivity contribution is -0.150. The van der Waals surface area contributed by atoms with Crippen LogP contribution in [0.4, 0.5) is 8.78 Å². The number of carbonyl (C=O) groups excluding carboxylic acids is 3. The number of fused-ring (bicyclic) bond motifs is 2.